The molecule has 4 heteroatoms. The molecule has 4 nitrogen and oxygen atoms in total. The van der Waals surface area contributed by atoms with Crippen molar-refractivity contribution in [3.63, 3.8) is 0 Å². The summed E-state index contributed by atoms with van der Waals surface area (Å²) in [6, 6.07) is 0. The predicted molar refractivity (Wildman–Crippen MR) is 52.3 cm³/mol. The lowest BCUT2D eigenvalue weighted by Crippen LogP contribution is -2.56. The molecule has 0 aromatic rings. The number of fused-ring (bicyclic) bond motifs is 1. The van der Waals surface area contributed by atoms with Crippen LogP contribution in [0.1, 0.15) is 33.6 Å². The molecule has 3 fully saturated rings. The summed E-state index contributed by atoms with van der Waals surface area (Å²) in [5.41, 5.74) is -2.35. The Morgan fingerprint density at radius 2 is 1.53 bits per heavy atom. The number of rotatable bonds is 2. The number of aliphatic carboxylic acids is 2. The van der Waals surface area contributed by atoms with Gasteiger partial charge in [-0.3, -0.25) is 9.59 Å². The lowest BCUT2D eigenvalue weighted by molar-refractivity contribution is -0.181. The van der Waals surface area contributed by atoms with Gasteiger partial charge in [0.2, 0.25) is 0 Å². The Morgan fingerprint density at radius 1 is 1.07 bits per heavy atom. The number of hydrogen-bond donors (Lipinski definition) is 2. The molecular formula is C11H16O4. The van der Waals surface area contributed by atoms with E-state index >= 15 is 0 Å². The SMILES string of the molecule is CC1(C)C2CC(C(=O)O)(C(=O)O)C1(C)C2. The zero-order valence-corrected chi connectivity index (χ0v) is 9.20. The molecule has 0 spiro atoms. The van der Waals surface area contributed by atoms with Gasteiger partial charge in [0.1, 0.15) is 0 Å². The van der Waals surface area contributed by atoms with Gasteiger partial charge in [-0.25, -0.2) is 0 Å². The van der Waals surface area contributed by atoms with Crippen molar-refractivity contribution in [2.45, 2.75) is 33.6 Å². The molecule has 0 aromatic carbocycles. The molecule has 0 radical (unpaired) electrons. The van der Waals surface area contributed by atoms with Crippen LogP contribution in [-0.2, 0) is 9.59 Å². The smallest absolute Gasteiger partial charge is 0.321 e. The Hall–Kier alpha value is -1.06. The van der Waals surface area contributed by atoms with Gasteiger partial charge in [-0.1, -0.05) is 20.8 Å². The summed E-state index contributed by atoms with van der Waals surface area (Å²) >= 11 is 0. The second-order valence-electron chi connectivity index (χ2n) is 5.67. The van der Waals surface area contributed by atoms with Gasteiger partial charge in [-0.2, -0.15) is 0 Å². The lowest BCUT2D eigenvalue weighted by atomic mass is 9.47. The van der Waals surface area contributed by atoms with E-state index in [1.165, 1.54) is 0 Å². The van der Waals surface area contributed by atoms with Crippen molar-refractivity contribution >= 4 is 11.9 Å². The molecule has 0 aliphatic heterocycles. The average Bonchev–Trinajstić information content (AvgIpc) is 2.50. The molecule has 3 rings (SSSR count). The second kappa shape index (κ2) is 2.36. The van der Waals surface area contributed by atoms with Crippen molar-refractivity contribution in [3.8, 4) is 0 Å². The van der Waals surface area contributed by atoms with E-state index < -0.39 is 22.8 Å². The van der Waals surface area contributed by atoms with Crippen LogP contribution < -0.4 is 0 Å². The van der Waals surface area contributed by atoms with Gasteiger partial charge in [-0.15, -0.1) is 0 Å². The highest BCUT2D eigenvalue weighted by atomic mass is 16.4. The van der Waals surface area contributed by atoms with Crippen LogP contribution in [0.5, 0.6) is 0 Å². The third-order valence-electron chi connectivity index (χ3n) is 5.32. The standard InChI is InChI=1S/C11H16O4/c1-9(2)6-4-10(9,3)11(5-6,7(12)13)8(14)15/h6H,4-5H2,1-3H3,(H,12,13)(H,14,15). The number of carboxylic acid groups (broad SMARTS) is 2. The van der Waals surface area contributed by atoms with E-state index in [1.807, 2.05) is 13.8 Å². The Kier molecular flexibility index (Phi) is 1.65. The summed E-state index contributed by atoms with van der Waals surface area (Å²) < 4.78 is 0. The number of hydrogen-bond acceptors (Lipinski definition) is 2. The molecule has 0 heterocycles. The van der Waals surface area contributed by atoms with E-state index in [4.69, 9.17) is 0 Å². The van der Waals surface area contributed by atoms with Gasteiger partial charge in [0, 0.05) is 5.41 Å². The minimum absolute atomic E-state index is 0.177. The maximum absolute atomic E-state index is 11.3. The van der Waals surface area contributed by atoms with Gasteiger partial charge in [0.05, 0.1) is 0 Å². The molecule has 0 amide bonds. The highest BCUT2D eigenvalue weighted by Gasteiger charge is 2.79. The third kappa shape index (κ3) is 0.767. The molecule has 0 saturated heterocycles. The van der Waals surface area contributed by atoms with E-state index in [9.17, 15) is 19.8 Å². The van der Waals surface area contributed by atoms with E-state index in [2.05, 4.69) is 0 Å². The molecule has 3 aliphatic carbocycles. The highest BCUT2D eigenvalue weighted by molar-refractivity contribution is 6.00. The van der Waals surface area contributed by atoms with Crippen molar-refractivity contribution in [3.05, 3.63) is 0 Å². The first-order valence-electron chi connectivity index (χ1n) is 5.17. The zero-order chi connectivity index (χ0) is 11.6. The molecule has 84 valence electrons. The summed E-state index contributed by atoms with van der Waals surface area (Å²) in [6.07, 6.45) is 1.000. The molecule has 2 unspecified atom stereocenters. The summed E-state index contributed by atoms with van der Waals surface area (Å²) in [5, 5.41) is 18.5. The van der Waals surface area contributed by atoms with Crippen LogP contribution in [0.15, 0.2) is 0 Å². The van der Waals surface area contributed by atoms with Gasteiger partial charge in [-0.05, 0) is 24.2 Å². The predicted octanol–water partition coefficient (Wildman–Crippen LogP) is 1.60. The maximum Gasteiger partial charge on any atom is 0.321 e. The third-order valence-corrected chi connectivity index (χ3v) is 5.32. The van der Waals surface area contributed by atoms with Crippen molar-refractivity contribution in [1.29, 1.82) is 0 Å². The Balaban J connectivity index is 2.56. The number of carboxylic acids is 2. The van der Waals surface area contributed by atoms with Crippen molar-refractivity contribution in [2.75, 3.05) is 0 Å². The fourth-order valence-corrected chi connectivity index (χ4v) is 3.71. The topological polar surface area (TPSA) is 74.6 Å². The quantitative estimate of drug-likeness (QED) is 0.682. The van der Waals surface area contributed by atoms with Crippen LogP contribution in [0.25, 0.3) is 0 Å². The lowest BCUT2D eigenvalue weighted by Gasteiger charge is -2.55. The fourth-order valence-electron chi connectivity index (χ4n) is 3.71. The molecule has 2 bridgehead atoms. The van der Waals surface area contributed by atoms with Crippen LogP contribution in [0.4, 0.5) is 0 Å². The second-order valence-corrected chi connectivity index (χ2v) is 5.67. The summed E-state index contributed by atoms with van der Waals surface area (Å²) in [7, 11) is 0. The van der Waals surface area contributed by atoms with Gasteiger partial charge >= 0.3 is 11.9 Å². The van der Waals surface area contributed by atoms with Crippen molar-refractivity contribution < 1.29 is 19.8 Å². The Labute approximate surface area is 88.3 Å². The maximum atomic E-state index is 11.3. The molecule has 15 heavy (non-hydrogen) atoms. The van der Waals surface area contributed by atoms with Crippen LogP contribution in [0.2, 0.25) is 0 Å². The van der Waals surface area contributed by atoms with Crippen LogP contribution in [0, 0.1) is 22.2 Å². The molecule has 2 atom stereocenters. The van der Waals surface area contributed by atoms with Crippen LogP contribution >= 0.6 is 0 Å². The minimum Gasteiger partial charge on any atom is -0.480 e. The molecule has 2 N–H and O–H groups in total. The minimum atomic E-state index is -1.57. The summed E-state index contributed by atoms with van der Waals surface area (Å²) in [5.74, 6) is -2.12. The van der Waals surface area contributed by atoms with Crippen molar-refractivity contribution in [2.24, 2.45) is 22.2 Å². The van der Waals surface area contributed by atoms with Gasteiger partial charge < -0.3 is 10.2 Å². The highest BCUT2D eigenvalue weighted by Crippen LogP contribution is 2.77. The summed E-state index contributed by atoms with van der Waals surface area (Å²) in [6.45, 7) is 5.77. The van der Waals surface area contributed by atoms with Crippen LogP contribution in [0.3, 0.4) is 0 Å². The first kappa shape index (κ1) is 10.5. The van der Waals surface area contributed by atoms with E-state index in [0.717, 1.165) is 6.42 Å². The molecule has 3 aliphatic rings. The van der Waals surface area contributed by atoms with E-state index in [1.54, 1.807) is 6.92 Å². The van der Waals surface area contributed by atoms with Gasteiger partial charge in [0.15, 0.2) is 5.41 Å². The Morgan fingerprint density at radius 3 is 1.67 bits per heavy atom. The fraction of sp³-hybridized carbons (Fsp3) is 0.818. The first-order valence-corrected chi connectivity index (χ1v) is 5.17. The molecular weight excluding hydrogens is 196 g/mol. The average molecular weight is 212 g/mol. The first-order chi connectivity index (χ1) is 6.70. The van der Waals surface area contributed by atoms with Crippen LogP contribution in [-0.4, -0.2) is 22.2 Å². The molecule has 3 saturated carbocycles. The Bertz CT molecular complexity index is 344. The molecule has 0 aromatic heterocycles. The van der Waals surface area contributed by atoms with Crippen molar-refractivity contribution in [1.82, 2.24) is 0 Å². The normalized spacial score (nSPS) is 39.5. The van der Waals surface area contributed by atoms with Gasteiger partial charge in [0.25, 0.3) is 0 Å². The zero-order valence-electron chi connectivity index (χ0n) is 9.20. The summed E-state index contributed by atoms with van der Waals surface area (Å²) in [4.78, 5) is 22.6. The van der Waals surface area contributed by atoms with E-state index in [-0.39, 0.29) is 17.8 Å². The van der Waals surface area contributed by atoms with E-state index in [0.29, 0.717) is 0 Å². The largest absolute Gasteiger partial charge is 0.480 e. The monoisotopic (exact) mass is 212 g/mol. The number of carbonyl (C=O) groups is 2.